The third-order valence-electron chi connectivity index (χ3n) is 7.05. The van der Waals surface area contributed by atoms with E-state index < -0.39 is 0 Å². The van der Waals surface area contributed by atoms with Crippen molar-refractivity contribution in [2.24, 2.45) is 20.0 Å². The Labute approximate surface area is 269 Å². The largest absolute Gasteiger partial charge is 0.228 e. The van der Waals surface area contributed by atoms with Crippen molar-refractivity contribution < 1.29 is 0 Å². The molecule has 1 aromatic heterocycles. The van der Waals surface area contributed by atoms with Gasteiger partial charge in [-0.1, -0.05) is 0 Å². The Morgan fingerprint density at radius 1 is 0.479 bits per heavy atom. The number of nitrogens with zero attached hydrogens (tertiary/aromatic N) is 14. The van der Waals surface area contributed by atoms with Crippen molar-refractivity contribution in [3.63, 3.8) is 0 Å². The summed E-state index contributed by atoms with van der Waals surface area (Å²) in [7, 11) is 0. The molecule has 3 heterocycles. The molecule has 0 atom stereocenters. The van der Waals surface area contributed by atoms with Gasteiger partial charge in [0.2, 0.25) is 0 Å². The normalized spacial score (nSPS) is 11.3. The fourth-order valence-corrected chi connectivity index (χ4v) is 4.92. The van der Waals surface area contributed by atoms with Crippen molar-refractivity contribution in [3.05, 3.63) is 115 Å². The second kappa shape index (κ2) is 11.8. The number of fused-ring (bicyclic) bond motifs is 2. The van der Waals surface area contributed by atoms with E-state index in [2.05, 4.69) is 42.1 Å². The molecule has 0 radical (unpaired) electrons. The summed E-state index contributed by atoms with van der Waals surface area (Å²) in [6.07, 6.45) is 0. The van der Waals surface area contributed by atoms with Gasteiger partial charge in [-0.3, -0.25) is 0 Å². The minimum absolute atomic E-state index is 0.0270. The molecule has 0 unspecified atom stereocenters. The summed E-state index contributed by atoms with van der Waals surface area (Å²) >= 11 is 0. The van der Waals surface area contributed by atoms with E-state index in [1.54, 1.807) is 48.5 Å². The van der Waals surface area contributed by atoms with Crippen LogP contribution in [0, 0.1) is 90.6 Å². The van der Waals surface area contributed by atoms with Gasteiger partial charge in [0.15, 0.2) is 28.6 Å². The number of allylic oxidation sites excluding steroid dienone is 2. The second-order valence-corrected chi connectivity index (χ2v) is 9.71. The Morgan fingerprint density at radius 3 is 1.29 bits per heavy atom. The smallest absolute Gasteiger partial charge is 0.182 e. The highest BCUT2D eigenvalue weighted by Crippen LogP contribution is 2.30. The summed E-state index contributed by atoms with van der Waals surface area (Å²) < 4.78 is 0. The molecule has 3 aromatic carbocycles. The van der Waals surface area contributed by atoms with Crippen LogP contribution in [0.5, 0.6) is 0 Å². The SMILES string of the molecule is N#CC(C#N)=C1N=c2ccc(-c3cc(-c4ccc5c(c4C#N)=NC(=C(C#N)C#N)N=5)nc(-c4cc(C#N)cc(C#N)c4)n3)c(C#N)c2=N1. The fraction of sp³-hybridized carbons (Fsp3) is 0. The summed E-state index contributed by atoms with van der Waals surface area (Å²) in [6.45, 7) is 0. The van der Waals surface area contributed by atoms with Gasteiger partial charge in [0.05, 0.1) is 56.5 Å². The zero-order valence-electron chi connectivity index (χ0n) is 23.9. The molecule has 0 aliphatic carbocycles. The maximum absolute atomic E-state index is 10.3. The minimum atomic E-state index is -0.332. The molecule has 48 heavy (non-hydrogen) atoms. The molecule has 0 bridgehead atoms. The fourth-order valence-electron chi connectivity index (χ4n) is 4.92. The van der Waals surface area contributed by atoms with Gasteiger partial charge in [0.1, 0.15) is 47.1 Å². The van der Waals surface area contributed by atoms with E-state index in [1.807, 2.05) is 12.1 Å². The van der Waals surface area contributed by atoms with Crippen LogP contribution in [-0.2, 0) is 0 Å². The van der Waals surface area contributed by atoms with Gasteiger partial charge in [-0.2, -0.15) is 42.1 Å². The van der Waals surface area contributed by atoms with Gasteiger partial charge >= 0.3 is 0 Å². The van der Waals surface area contributed by atoms with Crippen LogP contribution in [0.4, 0.5) is 0 Å². The summed E-state index contributed by atoms with van der Waals surface area (Å²) in [4.78, 5) is 26.3. The summed E-state index contributed by atoms with van der Waals surface area (Å²) in [5, 5.41) is 77.7. The Morgan fingerprint density at radius 2 is 0.917 bits per heavy atom. The molecule has 4 aromatic rings. The molecule has 0 amide bonds. The molecule has 6 rings (SSSR count). The van der Waals surface area contributed by atoms with Crippen LogP contribution in [0.25, 0.3) is 33.9 Å². The maximum Gasteiger partial charge on any atom is 0.182 e. The van der Waals surface area contributed by atoms with Crippen molar-refractivity contribution in [2.75, 3.05) is 0 Å². The molecule has 14 nitrogen and oxygen atoms in total. The number of rotatable bonds is 3. The first kappa shape index (κ1) is 29.4. The zero-order valence-corrected chi connectivity index (χ0v) is 23.9. The maximum atomic E-state index is 10.3. The molecule has 214 valence electrons. The highest BCUT2D eigenvalue weighted by molar-refractivity contribution is 5.77. The molecule has 0 fully saturated rings. The van der Waals surface area contributed by atoms with E-state index in [4.69, 9.17) is 0 Å². The third kappa shape index (κ3) is 4.80. The topological polar surface area (TPSA) is 266 Å². The van der Waals surface area contributed by atoms with E-state index in [1.165, 1.54) is 24.3 Å². The van der Waals surface area contributed by atoms with Gasteiger partial charge < -0.3 is 0 Å². The summed E-state index contributed by atoms with van der Waals surface area (Å²) in [5.74, 6) is -0.234. The van der Waals surface area contributed by atoms with E-state index in [9.17, 15) is 42.1 Å². The van der Waals surface area contributed by atoms with Crippen molar-refractivity contribution >= 4 is 0 Å². The average Bonchev–Trinajstić information content (AvgIpc) is 3.76. The Kier molecular flexibility index (Phi) is 7.22. The Bertz CT molecular complexity index is 2650. The molecule has 0 spiro atoms. The predicted molar refractivity (Wildman–Crippen MR) is 158 cm³/mol. The van der Waals surface area contributed by atoms with E-state index in [0.29, 0.717) is 5.56 Å². The van der Waals surface area contributed by atoms with Crippen LogP contribution in [-0.4, -0.2) is 9.97 Å². The van der Waals surface area contributed by atoms with Crippen LogP contribution in [0.1, 0.15) is 22.3 Å². The van der Waals surface area contributed by atoms with Gasteiger partial charge in [0.25, 0.3) is 0 Å². The van der Waals surface area contributed by atoms with Crippen molar-refractivity contribution in [1.29, 1.82) is 42.1 Å². The quantitative estimate of drug-likeness (QED) is 0.303. The monoisotopic (exact) mass is 612 g/mol. The first-order chi connectivity index (χ1) is 23.4. The molecule has 14 heteroatoms. The van der Waals surface area contributed by atoms with Gasteiger partial charge in [-0.05, 0) is 48.5 Å². The van der Waals surface area contributed by atoms with Crippen LogP contribution >= 0.6 is 0 Å². The molecule has 0 N–H and O–H groups in total. The minimum Gasteiger partial charge on any atom is -0.228 e. The third-order valence-corrected chi connectivity index (χ3v) is 7.05. The molecule has 2 aliphatic rings. The molecular formula is C34H8N14. The standard InChI is InChI=1S/C34H8N14/c35-9-17-5-18(10-36)7-19(6-17)32-45-28(22-1-3-26-30(24(22)15-41)47-33(43-26)20(11-37)12-38)8-29(46-32)23-2-4-27-31(25(23)16-42)48-34(44-27)21(13-39)14-40/h1-8H. The average molecular weight is 613 g/mol. The van der Waals surface area contributed by atoms with Crippen molar-refractivity contribution in [2.45, 2.75) is 0 Å². The molecule has 0 saturated heterocycles. The van der Waals surface area contributed by atoms with Crippen LogP contribution in [0.3, 0.4) is 0 Å². The number of aromatic nitrogens is 2. The summed E-state index contributed by atoms with van der Waals surface area (Å²) in [6, 6.07) is 27.2. The van der Waals surface area contributed by atoms with Crippen molar-refractivity contribution in [3.8, 4) is 82.5 Å². The lowest BCUT2D eigenvalue weighted by Gasteiger charge is -2.11. The first-order valence-electron chi connectivity index (χ1n) is 13.4. The number of benzene rings is 3. The zero-order chi connectivity index (χ0) is 33.9. The lowest BCUT2D eigenvalue weighted by molar-refractivity contribution is 1.17. The van der Waals surface area contributed by atoms with Crippen molar-refractivity contribution in [1.82, 2.24) is 9.97 Å². The van der Waals surface area contributed by atoms with E-state index in [-0.39, 0.29) is 94.8 Å². The highest BCUT2D eigenvalue weighted by Gasteiger charge is 2.21. The van der Waals surface area contributed by atoms with Gasteiger partial charge in [-0.15, -0.1) is 0 Å². The second-order valence-electron chi connectivity index (χ2n) is 9.71. The van der Waals surface area contributed by atoms with Gasteiger partial charge in [-0.25, -0.2) is 29.9 Å². The number of hydrogen-bond donors (Lipinski definition) is 0. The first-order valence-corrected chi connectivity index (χ1v) is 13.4. The molecular weight excluding hydrogens is 604 g/mol. The molecule has 2 aliphatic heterocycles. The van der Waals surface area contributed by atoms with Crippen LogP contribution in [0.2, 0.25) is 0 Å². The number of nitriles is 8. The predicted octanol–water partition coefficient (Wildman–Crippen LogP) is 1.99. The highest BCUT2D eigenvalue weighted by atomic mass is 15.0. The Hall–Kier alpha value is -8.66. The lowest BCUT2D eigenvalue weighted by atomic mass is 9.99. The van der Waals surface area contributed by atoms with Crippen LogP contribution < -0.4 is 21.4 Å². The van der Waals surface area contributed by atoms with Crippen LogP contribution in [0.15, 0.2) is 91.3 Å². The number of hydrogen-bond acceptors (Lipinski definition) is 14. The van der Waals surface area contributed by atoms with E-state index >= 15 is 0 Å². The lowest BCUT2D eigenvalue weighted by Crippen LogP contribution is -2.26. The summed E-state index contributed by atoms with van der Waals surface area (Å²) in [5.41, 5.74) is 0.932. The van der Waals surface area contributed by atoms with E-state index in [0.717, 1.165) is 0 Å². The Balaban J connectivity index is 1.68. The van der Waals surface area contributed by atoms with Gasteiger partial charge in [0, 0.05) is 16.7 Å². The molecule has 0 saturated carbocycles.